The third-order valence-electron chi connectivity index (χ3n) is 5.81. The number of hydrogen-bond donors (Lipinski definition) is 0. The van der Waals surface area contributed by atoms with Gasteiger partial charge in [-0.25, -0.2) is 0 Å². The van der Waals surface area contributed by atoms with Crippen LogP contribution in [0.5, 0.6) is 0 Å². The van der Waals surface area contributed by atoms with Crippen molar-refractivity contribution in [3.05, 3.63) is 0 Å². The van der Waals surface area contributed by atoms with Gasteiger partial charge in [0.2, 0.25) is 11.8 Å². The highest BCUT2D eigenvalue weighted by atomic mass is 16.2. The third-order valence-corrected chi connectivity index (χ3v) is 5.81. The third kappa shape index (κ3) is 4.11. The van der Waals surface area contributed by atoms with E-state index in [9.17, 15) is 9.59 Å². The smallest absolute Gasteiger partial charge is 0.232 e. The van der Waals surface area contributed by atoms with E-state index in [0.717, 1.165) is 38.5 Å². The fraction of sp³-hybridized carbons (Fsp3) is 0.895. The van der Waals surface area contributed by atoms with Crippen molar-refractivity contribution in [1.29, 1.82) is 0 Å². The second-order valence-corrected chi connectivity index (χ2v) is 7.57. The number of amides is 2. The van der Waals surface area contributed by atoms with Crippen molar-refractivity contribution in [2.24, 2.45) is 23.7 Å². The molecule has 1 heterocycles. The molecule has 126 valence electrons. The van der Waals surface area contributed by atoms with Gasteiger partial charge in [0.05, 0.1) is 0 Å². The number of likely N-dealkylation sites (tertiary alicyclic amines) is 1. The molecule has 2 bridgehead atoms. The van der Waals surface area contributed by atoms with Crippen molar-refractivity contribution in [2.45, 2.75) is 78.6 Å². The van der Waals surface area contributed by atoms with E-state index < -0.39 is 0 Å². The van der Waals surface area contributed by atoms with Crippen LogP contribution in [0.2, 0.25) is 0 Å². The minimum absolute atomic E-state index is 0.0303. The molecular weight excluding hydrogens is 274 g/mol. The highest BCUT2D eigenvalue weighted by Gasteiger charge is 2.40. The second-order valence-electron chi connectivity index (χ2n) is 7.57. The molecule has 4 unspecified atom stereocenters. The van der Waals surface area contributed by atoms with E-state index in [1.807, 2.05) is 6.92 Å². The lowest BCUT2D eigenvalue weighted by atomic mass is 9.87. The van der Waals surface area contributed by atoms with E-state index in [4.69, 9.17) is 0 Å². The van der Waals surface area contributed by atoms with Crippen LogP contribution in [0.1, 0.15) is 78.6 Å². The Morgan fingerprint density at radius 3 is 2.59 bits per heavy atom. The summed E-state index contributed by atoms with van der Waals surface area (Å²) in [5.41, 5.74) is 0. The quantitative estimate of drug-likeness (QED) is 0.654. The maximum atomic E-state index is 12.8. The van der Waals surface area contributed by atoms with Crippen LogP contribution in [0.15, 0.2) is 0 Å². The summed E-state index contributed by atoms with van der Waals surface area (Å²) in [6.07, 6.45) is 9.72. The molecule has 0 aromatic rings. The van der Waals surface area contributed by atoms with Gasteiger partial charge < -0.3 is 0 Å². The zero-order chi connectivity index (χ0) is 16.1. The zero-order valence-corrected chi connectivity index (χ0v) is 14.6. The Morgan fingerprint density at radius 1 is 1.14 bits per heavy atom. The lowest BCUT2D eigenvalue weighted by Gasteiger charge is -2.32. The molecule has 4 atom stereocenters. The van der Waals surface area contributed by atoms with Gasteiger partial charge in [0.15, 0.2) is 0 Å². The Bertz CT molecular complexity index is 393. The maximum absolute atomic E-state index is 12.8. The van der Waals surface area contributed by atoms with E-state index >= 15 is 0 Å². The molecule has 0 radical (unpaired) electrons. The number of carbonyl (C=O) groups is 2. The Balaban J connectivity index is 2.07. The van der Waals surface area contributed by atoms with Crippen LogP contribution in [0.4, 0.5) is 0 Å². The van der Waals surface area contributed by atoms with Gasteiger partial charge in [-0.2, -0.15) is 0 Å². The Labute approximate surface area is 135 Å². The molecule has 3 nitrogen and oxygen atoms in total. The Kier molecular flexibility index (Phi) is 6.46. The molecule has 1 saturated heterocycles. The summed E-state index contributed by atoms with van der Waals surface area (Å²) in [7, 11) is 0. The van der Waals surface area contributed by atoms with Crippen molar-refractivity contribution >= 4 is 11.8 Å². The minimum Gasteiger partial charge on any atom is -0.282 e. The fourth-order valence-electron chi connectivity index (χ4n) is 4.36. The van der Waals surface area contributed by atoms with E-state index in [0.29, 0.717) is 30.7 Å². The molecule has 2 aliphatic rings. The van der Waals surface area contributed by atoms with Gasteiger partial charge in [-0.15, -0.1) is 0 Å². The van der Waals surface area contributed by atoms with Crippen LogP contribution in [0.3, 0.4) is 0 Å². The number of hydrogen-bond acceptors (Lipinski definition) is 2. The van der Waals surface area contributed by atoms with E-state index in [-0.39, 0.29) is 17.7 Å². The molecule has 0 spiro atoms. The second kappa shape index (κ2) is 8.12. The molecule has 1 aliphatic carbocycles. The van der Waals surface area contributed by atoms with E-state index in [2.05, 4.69) is 13.8 Å². The summed E-state index contributed by atoms with van der Waals surface area (Å²) in [6, 6.07) is 0. The van der Waals surface area contributed by atoms with Crippen molar-refractivity contribution in [1.82, 2.24) is 4.90 Å². The van der Waals surface area contributed by atoms with Crippen LogP contribution in [-0.2, 0) is 9.59 Å². The highest BCUT2D eigenvalue weighted by molar-refractivity contribution is 5.96. The van der Waals surface area contributed by atoms with Crippen molar-refractivity contribution in [3.63, 3.8) is 0 Å². The molecule has 0 aromatic carbocycles. The van der Waals surface area contributed by atoms with Gasteiger partial charge in [0.1, 0.15) is 0 Å². The first-order chi connectivity index (χ1) is 10.6. The number of nitrogens with zero attached hydrogens (tertiary/aromatic N) is 1. The van der Waals surface area contributed by atoms with Crippen LogP contribution in [0.25, 0.3) is 0 Å². The van der Waals surface area contributed by atoms with Gasteiger partial charge in [-0.1, -0.05) is 40.0 Å². The molecule has 2 fully saturated rings. The molecular formula is C19H33NO2. The minimum atomic E-state index is 0.0303. The largest absolute Gasteiger partial charge is 0.282 e. The summed E-state index contributed by atoms with van der Waals surface area (Å²) < 4.78 is 0. The lowest BCUT2D eigenvalue weighted by molar-refractivity contribution is -0.150. The summed E-state index contributed by atoms with van der Waals surface area (Å²) in [6.45, 7) is 7.10. The fourth-order valence-corrected chi connectivity index (χ4v) is 4.36. The first-order valence-corrected chi connectivity index (χ1v) is 9.40. The van der Waals surface area contributed by atoms with Crippen molar-refractivity contribution in [3.8, 4) is 0 Å². The number of rotatable bonds is 7. The van der Waals surface area contributed by atoms with Crippen LogP contribution in [0, 0.1) is 23.7 Å². The topological polar surface area (TPSA) is 37.4 Å². The van der Waals surface area contributed by atoms with Crippen LogP contribution in [-0.4, -0.2) is 23.3 Å². The average molecular weight is 307 g/mol. The number of unbranched alkanes of at least 4 members (excludes halogenated alkanes) is 1. The lowest BCUT2D eigenvalue weighted by Crippen LogP contribution is -2.45. The van der Waals surface area contributed by atoms with Crippen LogP contribution < -0.4 is 0 Å². The predicted octanol–water partition coefficient (Wildman–Crippen LogP) is 4.40. The summed E-state index contributed by atoms with van der Waals surface area (Å²) in [4.78, 5) is 27.1. The van der Waals surface area contributed by atoms with Gasteiger partial charge in [-0.3, -0.25) is 14.5 Å². The highest BCUT2D eigenvalue weighted by Crippen LogP contribution is 2.40. The molecule has 2 rings (SSSR count). The monoisotopic (exact) mass is 307 g/mol. The summed E-state index contributed by atoms with van der Waals surface area (Å²) in [5.74, 6) is 1.75. The van der Waals surface area contributed by atoms with E-state index in [1.165, 1.54) is 12.8 Å². The maximum Gasteiger partial charge on any atom is 0.232 e. The average Bonchev–Trinajstić information content (AvgIpc) is 2.96. The normalized spacial score (nSPS) is 30.3. The predicted molar refractivity (Wildman–Crippen MR) is 89.3 cm³/mol. The van der Waals surface area contributed by atoms with Crippen LogP contribution >= 0.6 is 0 Å². The number of carbonyl (C=O) groups excluding carboxylic acids is 2. The zero-order valence-electron chi connectivity index (χ0n) is 14.6. The Hall–Kier alpha value is -0.860. The summed E-state index contributed by atoms with van der Waals surface area (Å²) >= 11 is 0. The molecule has 1 aliphatic heterocycles. The standard InChI is InChI=1S/C19H33NO2/c1-4-6-8-15(7-5-2)13-20-18(21)12-16-9-10-17(11-16)14(3)19(20)22/h14-17H,4-13H2,1-3H3. The summed E-state index contributed by atoms with van der Waals surface area (Å²) in [5, 5.41) is 0. The van der Waals surface area contributed by atoms with Crippen molar-refractivity contribution in [2.75, 3.05) is 6.54 Å². The molecule has 1 saturated carbocycles. The number of fused-ring (bicyclic) bond motifs is 2. The van der Waals surface area contributed by atoms with E-state index in [1.54, 1.807) is 4.90 Å². The molecule has 3 heteroatoms. The number of imide groups is 1. The molecule has 2 amide bonds. The molecule has 22 heavy (non-hydrogen) atoms. The van der Waals surface area contributed by atoms with Gasteiger partial charge in [0, 0.05) is 18.9 Å². The van der Waals surface area contributed by atoms with Gasteiger partial charge >= 0.3 is 0 Å². The first-order valence-electron chi connectivity index (χ1n) is 9.40. The first kappa shape index (κ1) is 17.5. The SMILES string of the molecule is CCCCC(CCC)CN1C(=O)CC2CCC(C2)C(C)C1=O. The van der Waals surface area contributed by atoms with Gasteiger partial charge in [-0.05, 0) is 49.9 Å². The van der Waals surface area contributed by atoms with Crippen molar-refractivity contribution < 1.29 is 9.59 Å². The Morgan fingerprint density at radius 2 is 1.91 bits per heavy atom. The molecule has 0 aromatic heterocycles. The molecule has 0 N–H and O–H groups in total. The van der Waals surface area contributed by atoms with Gasteiger partial charge in [0.25, 0.3) is 0 Å².